The molecule has 0 spiro atoms. The molecule has 0 bridgehead atoms. The topological polar surface area (TPSA) is 33.4 Å². The minimum atomic E-state index is 0.480. The van der Waals surface area contributed by atoms with Gasteiger partial charge in [-0.3, -0.25) is 9.88 Å². The van der Waals surface area contributed by atoms with Gasteiger partial charge in [0.15, 0.2) is 0 Å². The minimum absolute atomic E-state index is 0.480. The highest BCUT2D eigenvalue weighted by Crippen LogP contribution is 2.33. The van der Waals surface area contributed by atoms with Crippen LogP contribution < -0.4 is 0 Å². The van der Waals surface area contributed by atoms with E-state index < -0.39 is 0 Å². The molecule has 106 valence electrons. The summed E-state index contributed by atoms with van der Waals surface area (Å²) in [6.45, 7) is 2.09. The minimum Gasteiger partial charge on any atom is -0.307 e. The Morgan fingerprint density at radius 2 is 2.14 bits per heavy atom. The van der Waals surface area contributed by atoms with Crippen LogP contribution in [-0.2, 0) is 6.54 Å². The van der Waals surface area contributed by atoms with E-state index >= 15 is 0 Å². The summed E-state index contributed by atoms with van der Waals surface area (Å²) < 4.78 is 2.09. The SMILES string of the molecule is c1cncc(C2CCCN2Cc2cccn3ccnc23)c1. The van der Waals surface area contributed by atoms with Crippen molar-refractivity contribution >= 4 is 5.65 Å². The van der Waals surface area contributed by atoms with E-state index in [0.717, 1.165) is 18.7 Å². The van der Waals surface area contributed by atoms with E-state index in [-0.39, 0.29) is 0 Å². The summed E-state index contributed by atoms with van der Waals surface area (Å²) in [7, 11) is 0. The summed E-state index contributed by atoms with van der Waals surface area (Å²) >= 11 is 0. The first-order valence-corrected chi connectivity index (χ1v) is 7.46. The normalized spacial score (nSPS) is 19.3. The zero-order valence-corrected chi connectivity index (χ0v) is 11.9. The molecule has 1 saturated heterocycles. The monoisotopic (exact) mass is 278 g/mol. The number of hydrogen-bond donors (Lipinski definition) is 0. The van der Waals surface area contributed by atoms with Crippen molar-refractivity contribution in [3.05, 3.63) is 66.4 Å². The van der Waals surface area contributed by atoms with Crippen LogP contribution in [0.15, 0.2) is 55.2 Å². The second kappa shape index (κ2) is 5.30. The zero-order valence-electron chi connectivity index (χ0n) is 11.9. The van der Waals surface area contributed by atoms with Crippen molar-refractivity contribution in [3.8, 4) is 0 Å². The van der Waals surface area contributed by atoms with Crippen LogP contribution in [0.1, 0.15) is 30.0 Å². The quantitative estimate of drug-likeness (QED) is 0.738. The lowest BCUT2D eigenvalue weighted by Crippen LogP contribution is -2.23. The Morgan fingerprint density at radius 1 is 1.14 bits per heavy atom. The molecule has 4 heteroatoms. The Kier molecular flexibility index (Phi) is 3.16. The summed E-state index contributed by atoms with van der Waals surface area (Å²) in [5.41, 5.74) is 3.68. The van der Waals surface area contributed by atoms with Gasteiger partial charge >= 0.3 is 0 Å². The molecule has 4 rings (SSSR count). The molecule has 0 amide bonds. The highest BCUT2D eigenvalue weighted by atomic mass is 15.2. The Morgan fingerprint density at radius 3 is 3.05 bits per heavy atom. The maximum Gasteiger partial charge on any atom is 0.141 e. The molecule has 1 unspecified atom stereocenters. The first-order chi connectivity index (χ1) is 10.4. The molecule has 4 heterocycles. The highest BCUT2D eigenvalue weighted by Gasteiger charge is 2.26. The maximum absolute atomic E-state index is 4.48. The van der Waals surface area contributed by atoms with E-state index in [1.807, 2.05) is 30.9 Å². The van der Waals surface area contributed by atoms with Gasteiger partial charge in [-0.2, -0.15) is 0 Å². The highest BCUT2D eigenvalue weighted by molar-refractivity contribution is 5.47. The summed E-state index contributed by atoms with van der Waals surface area (Å²) in [6, 6.07) is 8.97. The fraction of sp³-hybridized carbons (Fsp3) is 0.294. The third-order valence-corrected chi connectivity index (χ3v) is 4.31. The smallest absolute Gasteiger partial charge is 0.141 e. The predicted octanol–water partition coefficient (Wildman–Crippen LogP) is 3.07. The second-order valence-electron chi connectivity index (χ2n) is 5.61. The van der Waals surface area contributed by atoms with E-state index in [1.165, 1.54) is 24.0 Å². The third-order valence-electron chi connectivity index (χ3n) is 4.31. The van der Waals surface area contributed by atoms with E-state index in [0.29, 0.717) is 6.04 Å². The molecule has 1 aliphatic heterocycles. The lowest BCUT2D eigenvalue weighted by Gasteiger charge is -2.24. The summed E-state index contributed by atoms with van der Waals surface area (Å²) in [4.78, 5) is 11.3. The average Bonchev–Trinajstić information content (AvgIpc) is 3.17. The molecule has 3 aromatic heterocycles. The van der Waals surface area contributed by atoms with Crippen molar-refractivity contribution in [1.82, 2.24) is 19.3 Å². The molecule has 1 aliphatic rings. The van der Waals surface area contributed by atoms with Crippen molar-refractivity contribution in [2.45, 2.75) is 25.4 Å². The number of nitrogens with zero attached hydrogens (tertiary/aromatic N) is 4. The molecule has 1 atom stereocenters. The van der Waals surface area contributed by atoms with Gasteiger partial charge in [0.2, 0.25) is 0 Å². The molecule has 0 aliphatic carbocycles. The molecule has 4 nitrogen and oxygen atoms in total. The Hall–Kier alpha value is -2.20. The summed E-state index contributed by atoms with van der Waals surface area (Å²) in [5, 5.41) is 0. The lowest BCUT2D eigenvalue weighted by atomic mass is 10.1. The van der Waals surface area contributed by atoms with Crippen LogP contribution in [0.5, 0.6) is 0 Å². The van der Waals surface area contributed by atoms with Gasteiger partial charge < -0.3 is 4.40 Å². The van der Waals surface area contributed by atoms with Crippen molar-refractivity contribution in [3.63, 3.8) is 0 Å². The van der Waals surface area contributed by atoms with E-state index in [1.54, 1.807) is 0 Å². The van der Waals surface area contributed by atoms with Gasteiger partial charge in [-0.1, -0.05) is 12.1 Å². The molecule has 0 aromatic carbocycles. The second-order valence-corrected chi connectivity index (χ2v) is 5.61. The van der Waals surface area contributed by atoms with Crippen LogP contribution in [0.2, 0.25) is 0 Å². The zero-order chi connectivity index (χ0) is 14.1. The van der Waals surface area contributed by atoms with Crippen molar-refractivity contribution in [2.24, 2.45) is 0 Å². The molecule has 3 aromatic rings. The fourth-order valence-corrected chi connectivity index (χ4v) is 3.32. The molecule has 0 N–H and O–H groups in total. The van der Waals surface area contributed by atoms with Crippen LogP contribution in [-0.4, -0.2) is 25.8 Å². The van der Waals surface area contributed by atoms with Crippen LogP contribution in [0.3, 0.4) is 0 Å². The lowest BCUT2D eigenvalue weighted by molar-refractivity contribution is 0.248. The van der Waals surface area contributed by atoms with Gasteiger partial charge in [0.1, 0.15) is 5.65 Å². The number of fused-ring (bicyclic) bond motifs is 1. The van der Waals surface area contributed by atoms with Crippen LogP contribution in [0, 0.1) is 0 Å². The summed E-state index contributed by atoms with van der Waals surface area (Å²) in [5.74, 6) is 0. The van der Waals surface area contributed by atoms with Gasteiger partial charge in [0, 0.05) is 49.1 Å². The molecule has 21 heavy (non-hydrogen) atoms. The third kappa shape index (κ3) is 2.32. The van der Waals surface area contributed by atoms with Gasteiger partial charge in [-0.05, 0) is 37.1 Å². The van der Waals surface area contributed by atoms with Gasteiger partial charge in [0.05, 0.1) is 0 Å². The van der Waals surface area contributed by atoms with Gasteiger partial charge in [-0.25, -0.2) is 4.98 Å². The number of rotatable bonds is 3. The molecule has 1 fully saturated rings. The van der Waals surface area contributed by atoms with Gasteiger partial charge in [-0.15, -0.1) is 0 Å². The Labute approximate surface area is 124 Å². The van der Waals surface area contributed by atoms with Crippen molar-refractivity contribution < 1.29 is 0 Å². The fourth-order valence-electron chi connectivity index (χ4n) is 3.32. The predicted molar refractivity (Wildman–Crippen MR) is 81.8 cm³/mol. The summed E-state index contributed by atoms with van der Waals surface area (Å²) in [6.07, 6.45) is 12.2. The number of aromatic nitrogens is 3. The number of pyridine rings is 2. The van der Waals surface area contributed by atoms with E-state index in [2.05, 4.69) is 43.7 Å². The van der Waals surface area contributed by atoms with Crippen LogP contribution in [0.4, 0.5) is 0 Å². The molecular formula is C17H18N4. The average molecular weight is 278 g/mol. The molecule has 0 radical (unpaired) electrons. The van der Waals surface area contributed by atoms with Crippen LogP contribution in [0.25, 0.3) is 5.65 Å². The number of hydrogen-bond acceptors (Lipinski definition) is 3. The van der Waals surface area contributed by atoms with E-state index in [9.17, 15) is 0 Å². The Balaban J connectivity index is 1.63. The van der Waals surface area contributed by atoms with E-state index in [4.69, 9.17) is 0 Å². The first-order valence-electron chi connectivity index (χ1n) is 7.46. The van der Waals surface area contributed by atoms with Crippen LogP contribution >= 0.6 is 0 Å². The van der Waals surface area contributed by atoms with Crippen molar-refractivity contribution in [2.75, 3.05) is 6.54 Å². The standard InChI is InChI=1S/C17H18N4/c1-4-14(12-18-7-1)16-6-3-10-21(16)13-15-5-2-9-20-11-8-19-17(15)20/h1-2,4-5,7-9,11-12,16H,3,6,10,13H2. The maximum atomic E-state index is 4.48. The largest absolute Gasteiger partial charge is 0.307 e. The Bertz CT molecular complexity index is 735. The van der Waals surface area contributed by atoms with Crippen molar-refractivity contribution in [1.29, 1.82) is 0 Å². The molecule has 0 saturated carbocycles. The van der Waals surface area contributed by atoms with Gasteiger partial charge in [0.25, 0.3) is 0 Å². The number of imidazole rings is 1. The molecular weight excluding hydrogens is 260 g/mol. The number of likely N-dealkylation sites (tertiary alicyclic amines) is 1. The first kappa shape index (κ1) is 12.5.